The standard InChI is InChI=1S/C41H52O18/c1-14-22(43)10-20-8-19-9-21-36(53-7)35(48)28(15(2)42)38(50)41(21,39(51)30(19)34(47)29(20)31(14)44)59-26-12-24(33(46)17(4)55-26)57-25-11-23(32(45)16(3)54-25)58-27-13-40(6,52)37(49)18(5)56-27/h8,10,16-18,21,23-27,32-33,36-37,43-47,49-50,52H,9,11-13H2,1-7H3/t16-,17-,18-,21+,23-,24-,25+,26+,27+,32+,33-,36+,37-,40+,41-/m1/s1. The minimum absolute atomic E-state index is 0.0204. The lowest BCUT2D eigenvalue weighted by molar-refractivity contribution is -0.337. The molecule has 0 radical (unpaired) electrons. The highest BCUT2D eigenvalue weighted by Gasteiger charge is 2.65. The monoisotopic (exact) mass is 832 g/mol. The fourth-order valence-corrected chi connectivity index (χ4v) is 9.31. The highest BCUT2D eigenvalue weighted by molar-refractivity contribution is 6.25. The molecule has 324 valence electrons. The van der Waals surface area contributed by atoms with Gasteiger partial charge in [0, 0.05) is 37.9 Å². The molecule has 8 N–H and O–H groups in total. The summed E-state index contributed by atoms with van der Waals surface area (Å²) in [6.45, 7) is 8.55. The van der Waals surface area contributed by atoms with E-state index in [-0.39, 0.29) is 58.9 Å². The van der Waals surface area contributed by atoms with E-state index in [9.17, 15) is 50.4 Å². The summed E-state index contributed by atoms with van der Waals surface area (Å²) in [5.74, 6) is -6.75. The van der Waals surface area contributed by atoms with Gasteiger partial charge in [0.05, 0.1) is 47.1 Å². The summed E-state index contributed by atoms with van der Waals surface area (Å²) >= 11 is 0. The van der Waals surface area contributed by atoms with E-state index in [1.165, 1.54) is 40.0 Å². The van der Waals surface area contributed by atoms with Crippen LogP contribution in [-0.2, 0) is 49.2 Å². The van der Waals surface area contributed by atoms with Crippen molar-refractivity contribution >= 4 is 28.1 Å². The number of phenolic OH excluding ortho intramolecular Hbond substituents is 3. The quantitative estimate of drug-likeness (QED) is 0.175. The maximum Gasteiger partial charge on any atom is 0.207 e. The number of rotatable bonds is 8. The second kappa shape index (κ2) is 15.6. The normalized spacial score (nSPS) is 40.2. The van der Waals surface area contributed by atoms with Gasteiger partial charge in [-0.2, -0.15) is 0 Å². The Labute approximate surface area is 338 Å². The summed E-state index contributed by atoms with van der Waals surface area (Å²) < 4.78 is 42.2. The van der Waals surface area contributed by atoms with E-state index in [1.807, 2.05) is 0 Å². The number of methoxy groups -OCH3 is 1. The van der Waals surface area contributed by atoms with Gasteiger partial charge in [-0.3, -0.25) is 14.4 Å². The van der Waals surface area contributed by atoms with Crippen LogP contribution in [0, 0.1) is 12.8 Å². The van der Waals surface area contributed by atoms with Crippen LogP contribution >= 0.6 is 0 Å². The zero-order valence-electron chi connectivity index (χ0n) is 33.6. The van der Waals surface area contributed by atoms with Crippen molar-refractivity contribution in [2.24, 2.45) is 5.92 Å². The Morgan fingerprint density at radius 3 is 2.02 bits per heavy atom. The van der Waals surface area contributed by atoms with E-state index in [0.717, 1.165) is 6.92 Å². The maximum atomic E-state index is 15.1. The molecule has 0 amide bonds. The molecule has 3 aliphatic heterocycles. The predicted octanol–water partition coefficient (Wildman–Crippen LogP) is 1.38. The summed E-state index contributed by atoms with van der Waals surface area (Å²) in [6, 6.07) is 2.75. The van der Waals surface area contributed by atoms with Gasteiger partial charge in [-0.25, -0.2) is 0 Å². The van der Waals surface area contributed by atoms with Crippen LogP contribution in [0.4, 0.5) is 0 Å². The SMILES string of the molecule is CO[C@@H]1C(=O)C(C(C)=O)=C(O)[C@@]2(O[C@H]3C[C@@H](O[C@H]4C[C@@H](O[C@H]5C[C@](C)(O)[C@H](O)[C@@H](C)O5)[C@@H](O)[C@@H](C)O4)[C@H](O)[C@@H](C)O3)C(=O)c3c(cc4cc(O)c(C)c(O)c4c3O)C[C@@H]12. The second-order valence-corrected chi connectivity index (χ2v) is 16.6. The van der Waals surface area contributed by atoms with Crippen molar-refractivity contribution in [2.45, 2.75) is 152 Å². The molecule has 0 aromatic heterocycles. The Morgan fingerprint density at radius 2 is 1.42 bits per heavy atom. The van der Waals surface area contributed by atoms with Crippen LogP contribution in [-0.4, -0.2) is 150 Å². The first-order chi connectivity index (χ1) is 27.6. The van der Waals surface area contributed by atoms with Crippen LogP contribution in [0.15, 0.2) is 23.5 Å². The van der Waals surface area contributed by atoms with Gasteiger partial charge in [-0.1, -0.05) is 0 Å². The Hall–Kier alpha value is -3.79. The number of hydrogen-bond acceptors (Lipinski definition) is 18. The fourth-order valence-electron chi connectivity index (χ4n) is 9.31. The van der Waals surface area contributed by atoms with E-state index in [1.54, 1.807) is 13.8 Å². The molecule has 3 fully saturated rings. The zero-order chi connectivity index (χ0) is 43.2. The molecular formula is C41H52O18. The molecule has 2 aliphatic carbocycles. The third-order valence-corrected chi connectivity index (χ3v) is 12.6. The molecule has 15 atom stereocenters. The lowest BCUT2D eigenvalue weighted by Gasteiger charge is -2.50. The van der Waals surface area contributed by atoms with Crippen molar-refractivity contribution in [3.8, 4) is 17.2 Å². The number of ketones is 3. The summed E-state index contributed by atoms with van der Waals surface area (Å²) in [5, 5.41) is 88.5. The van der Waals surface area contributed by atoms with Gasteiger partial charge in [-0.05, 0) is 71.0 Å². The summed E-state index contributed by atoms with van der Waals surface area (Å²) in [7, 11) is 1.19. The van der Waals surface area contributed by atoms with Gasteiger partial charge >= 0.3 is 0 Å². The molecule has 3 heterocycles. The largest absolute Gasteiger partial charge is 0.508 e. The first kappa shape index (κ1) is 43.3. The molecule has 0 bridgehead atoms. The van der Waals surface area contributed by atoms with Crippen LogP contribution in [0.1, 0.15) is 75.4 Å². The Balaban J connectivity index is 1.22. The van der Waals surface area contributed by atoms with Gasteiger partial charge in [0.2, 0.25) is 5.78 Å². The molecule has 18 heteroatoms. The van der Waals surface area contributed by atoms with Crippen LogP contribution in [0.2, 0.25) is 0 Å². The van der Waals surface area contributed by atoms with E-state index >= 15 is 4.79 Å². The fraction of sp³-hybridized carbons (Fsp3) is 0.634. The number of Topliss-reactive ketones (excluding diaryl/α,β-unsaturated/α-hetero) is 3. The highest BCUT2D eigenvalue weighted by Crippen LogP contribution is 2.53. The van der Waals surface area contributed by atoms with Crippen LogP contribution in [0.25, 0.3) is 10.8 Å². The lowest BCUT2D eigenvalue weighted by atomic mass is 9.62. The Kier molecular flexibility index (Phi) is 11.4. The van der Waals surface area contributed by atoms with E-state index in [0.29, 0.717) is 0 Å². The predicted molar refractivity (Wildman–Crippen MR) is 200 cm³/mol. The molecule has 18 nitrogen and oxygen atoms in total. The molecule has 0 saturated carbocycles. The maximum absolute atomic E-state index is 15.1. The number of hydrogen-bond donors (Lipinski definition) is 8. The molecule has 2 aromatic rings. The van der Waals surface area contributed by atoms with Gasteiger partial charge in [0.15, 0.2) is 36.0 Å². The van der Waals surface area contributed by atoms with Crippen LogP contribution in [0.3, 0.4) is 0 Å². The smallest absolute Gasteiger partial charge is 0.207 e. The molecule has 3 saturated heterocycles. The average Bonchev–Trinajstić information content (AvgIpc) is 3.14. The number of aromatic hydroxyl groups is 3. The number of carbonyl (C=O) groups excluding carboxylic acids is 3. The average molecular weight is 833 g/mol. The number of fused-ring (bicyclic) bond motifs is 3. The van der Waals surface area contributed by atoms with Gasteiger partial charge < -0.3 is 74.0 Å². The van der Waals surface area contributed by atoms with Crippen molar-refractivity contribution in [1.82, 2.24) is 0 Å². The third kappa shape index (κ3) is 7.11. The summed E-state index contributed by atoms with van der Waals surface area (Å²) in [5.41, 5.74) is -5.08. The van der Waals surface area contributed by atoms with Gasteiger partial charge in [-0.15, -0.1) is 0 Å². The molecular weight excluding hydrogens is 780 g/mol. The first-order valence-corrected chi connectivity index (χ1v) is 19.6. The second-order valence-electron chi connectivity index (χ2n) is 16.6. The van der Waals surface area contributed by atoms with Crippen molar-refractivity contribution in [2.75, 3.05) is 7.11 Å². The first-order valence-electron chi connectivity index (χ1n) is 19.6. The van der Waals surface area contributed by atoms with E-state index in [4.69, 9.17) is 33.2 Å². The van der Waals surface area contributed by atoms with Crippen LogP contribution < -0.4 is 0 Å². The number of carbonyl (C=O) groups is 3. The zero-order valence-corrected chi connectivity index (χ0v) is 33.6. The Bertz CT molecular complexity index is 2060. The number of aliphatic hydroxyl groups is 5. The highest BCUT2D eigenvalue weighted by atomic mass is 16.7. The minimum Gasteiger partial charge on any atom is -0.508 e. The van der Waals surface area contributed by atoms with E-state index in [2.05, 4.69) is 0 Å². The minimum atomic E-state index is -2.60. The molecule has 5 aliphatic rings. The lowest BCUT2D eigenvalue weighted by Crippen LogP contribution is -2.65. The number of ether oxygens (including phenoxy) is 7. The van der Waals surface area contributed by atoms with Crippen molar-refractivity contribution in [3.63, 3.8) is 0 Å². The Morgan fingerprint density at radius 1 is 0.847 bits per heavy atom. The van der Waals surface area contributed by atoms with E-state index < -0.39 is 131 Å². The van der Waals surface area contributed by atoms with Crippen molar-refractivity contribution < 1.29 is 88.4 Å². The summed E-state index contributed by atoms with van der Waals surface area (Å²) in [4.78, 5) is 41.8. The molecule has 0 unspecified atom stereocenters. The van der Waals surface area contributed by atoms with Gasteiger partial charge in [0.25, 0.3) is 0 Å². The number of benzene rings is 2. The number of phenols is 3. The number of aliphatic hydroxyl groups excluding tert-OH is 4. The van der Waals surface area contributed by atoms with Crippen molar-refractivity contribution in [1.29, 1.82) is 0 Å². The molecule has 7 rings (SSSR count). The molecule has 0 spiro atoms. The third-order valence-electron chi connectivity index (χ3n) is 12.6. The molecule has 2 aromatic carbocycles. The van der Waals surface area contributed by atoms with Crippen molar-refractivity contribution in [3.05, 3.63) is 40.2 Å². The van der Waals surface area contributed by atoms with Gasteiger partial charge in [0.1, 0.15) is 53.0 Å². The summed E-state index contributed by atoms with van der Waals surface area (Å²) in [6.07, 6.45) is -14.3. The van der Waals surface area contributed by atoms with Crippen LogP contribution in [0.5, 0.6) is 17.2 Å². The topological polar surface area (TPSA) is 278 Å². The molecule has 59 heavy (non-hydrogen) atoms.